The molecule has 1 aliphatic rings. The van der Waals surface area contributed by atoms with Gasteiger partial charge in [-0.15, -0.1) is 24.0 Å². The highest BCUT2D eigenvalue weighted by Gasteiger charge is 2.17. The molecule has 0 saturated carbocycles. The molecular weight excluding hydrogens is 467 g/mol. The summed E-state index contributed by atoms with van der Waals surface area (Å²) in [6.07, 6.45) is 5.54. The minimum absolute atomic E-state index is 0. The SMILES string of the molecule is I.O=C(CN=C(NCCc1ccccc1)NCCc1ccco1)N1CCCC1. The second-order valence-corrected chi connectivity index (χ2v) is 6.67. The molecule has 0 aliphatic carbocycles. The molecule has 7 heteroatoms. The number of guanidine groups is 1. The average molecular weight is 496 g/mol. The highest BCUT2D eigenvalue weighted by atomic mass is 127. The summed E-state index contributed by atoms with van der Waals surface area (Å²) in [5.41, 5.74) is 1.27. The van der Waals surface area contributed by atoms with Crippen molar-refractivity contribution in [3.8, 4) is 0 Å². The van der Waals surface area contributed by atoms with Gasteiger partial charge in [0.15, 0.2) is 5.96 Å². The summed E-state index contributed by atoms with van der Waals surface area (Å²) < 4.78 is 5.36. The monoisotopic (exact) mass is 496 g/mol. The number of halogens is 1. The van der Waals surface area contributed by atoms with Gasteiger partial charge in [0, 0.05) is 32.6 Å². The number of nitrogens with zero attached hydrogens (tertiary/aromatic N) is 2. The Morgan fingerprint density at radius 1 is 1.00 bits per heavy atom. The third-order valence-electron chi connectivity index (χ3n) is 4.62. The Hall–Kier alpha value is -2.03. The minimum atomic E-state index is 0. The third kappa shape index (κ3) is 7.53. The average Bonchev–Trinajstić information content (AvgIpc) is 3.40. The molecule has 1 fully saturated rings. The Balaban J connectivity index is 0.00000280. The zero-order chi connectivity index (χ0) is 18.7. The molecule has 0 atom stereocenters. The first-order valence-corrected chi connectivity index (χ1v) is 9.67. The van der Waals surface area contributed by atoms with Crippen LogP contribution in [-0.4, -0.2) is 49.5 Å². The fourth-order valence-electron chi connectivity index (χ4n) is 3.12. The van der Waals surface area contributed by atoms with E-state index >= 15 is 0 Å². The molecule has 0 spiro atoms. The van der Waals surface area contributed by atoms with E-state index in [0.29, 0.717) is 12.5 Å². The lowest BCUT2D eigenvalue weighted by Crippen LogP contribution is -2.40. The van der Waals surface area contributed by atoms with Crippen molar-refractivity contribution in [3.05, 3.63) is 60.1 Å². The summed E-state index contributed by atoms with van der Waals surface area (Å²) in [6.45, 7) is 3.35. The van der Waals surface area contributed by atoms with Crippen LogP contribution in [0.5, 0.6) is 0 Å². The van der Waals surface area contributed by atoms with E-state index in [1.807, 2.05) is 35.2 Å². The van der Waals surface area contributed by atoms with Gasteiger partial charge < -0.3 is 20.0 Å². The fraction of sp³-hybridized carbons (Fsp3) is 0.429. The minimum Gasteiger partial charge on any atom is -0.469 e. The molecule has 152 valence electrons. The van der Waals surface area contributed by atoms with Crippen LogP contribution in [0.4, 0.5) is 0 Å². The summed E-state index contributed by atoms with van der Waals surface area (Å²) >= 11 is 0. The Bertz CT molecular complexity index is 713. The van der Waals surface area contributed by atoms with Crippen LogP contribution in [0, 0.1) is 0 Å². The number of benzene rings is 1. The number of likely N-dealkylation sites (tertiary alicyclic amines) is 1. The number of carbonyl (C=O) groups excluding carboxylic acids is 1. The standard InChI is InChI=1S/C21H28N4O2.HI/c26-20(25-14-4-5-15-25)17-24-21(23-13-11-19-9-6-16-27-19)22-12-10-18-7-2-1-3-8-18;/h1-3,6-9,16H,4-5,10-15,17H2,(H2,22,23,24);1H. The van der Waals surface area contributed by atoms with Gasteiger partial charge in [0.1, 0.15) is 12.3 Å². The van der Waals surface area contributed by atoms with Gasteiger partial charge in [0.05, 0.1) is 6.26 Å². The van der Waals surface area contributed by atoms with E-state index < -0.39 is 0 Å². The van der Waals surface area contributed by atoms with Crippen molar-refractivity contribution in [1.82, 2.24) is 15.5 Å². The van der Waals surface area contributed by atoms with Gasteiger partial charge in [-0.25, -0.2) is 4.99 Å². The summed E-state index contributed by atoms with van der Waals surface area (Å²) in [4.78, 5) is 18.6. The number of aliphatic imine (C=N–C) groups is 1. The van der Waals surface area contributed by atoms with Crippen molar-refractivity contribution >= 4 is 35.8 Å². The van der Waals surface area contributed by atoms with E-state index in [1.54, 1.807) is 6.26 Å². The van der Waals surface area contributed by atoms with Crippen LogP contribution < -0.4 is 10.6 Å². The molecule has 1 aliphatic heterocycles. The van der Waals surface area contributed by atoms with Crippen molar-refractivity contribution in [1.29, 1.82) is 0 Å². The first-order chi connectivity index (χ1) is 13.3. The normalized spacial score (nSPS) is 13.9. The molecular formula is C21H29IN4O2. The van der Waals surface area contributed by atoms with Crippen LogP contribution in [-0.2, 0) is 17.6 Å². The van der Waals surface area contributed by atoms with Crippen LogP contribution in [0.3, 0.4) is 0 Å². The number of hydrogen-bond acceptors (Lipinski definition) is 3. The molecule has 0 radical (unpaired) electrons. The van der Waals surface area contributed by atoms with Crippen LogP contribution in [0.1, 0.15) is 24.2 Å². The lowest BCUT2D eigenvalue weighted by Gasteiger charge is -2.15. The highest BCUT2D eigenvalue weighted by molar-refractivity contribution is 14.0. The van der Waals surface area contributed by atoms with E-state index in [1.165, 1.54) is 5.56 Å². The molecule has 28 heavy (non-hydrogen) atoms. The van der Waals surface area contributed by atoms with Gasteiger partial charge in [0.25, 0.3) is 0 Å². The maximum atomic E-state index is 12.3. The molecule has 6 nitrogen and oxygen atoms in total. The smallest absolute Gasteiger partial charge is 0.244 e. The van der Waals surface area contributed by atoms with Gasteiger partial charge in [-0.1, -0.05) is 30.3 Å². The van der Waals surface area contributed by atoms with Crippen LogP contribution in [0.15, 0.2) is 58.1 Å². The van der Waals surface area contributed by atoms with Crippen LogP contribution in [0.25, 0.3) is 0 Å². The number of amides is 1. The van der Waals surface area contributed by atoms with Crippen molar-refractivity contribution in [2.75, 3.05) is 32.7 Å². The first kappa shape index (κ1) is 22.3. The number of nitrogens with one attached hydrogen (secondary N) is 2. The van der Waals surface area contributed by atoms with E-state index in [-0.39, 0.29) is 36.4 Å². The second kappa shape index (κ2) is 12.4. The fourth-order valence-corrected chi connectivity index (χ4v) is 3.12. The molecule has 3 rings (SSSR count). The Labute approximate surface area is 183 Å². The Morgan fingerprint density at radius 3 is 2.39 bits per heavy atom. The molecule has 1 aromatic heterocycles. The largest absolute Gasteiger partial charge is 0.469 e. The van der Waals surface area contributed by atoms with E-state index in [0.717, 1.165) is 51.1 Å². The van der Waals surface area contributed by atoms with Crippen molar-refractivity contribution in [2.45, 2.75) is 25.7 Å². The Morgan fingerprint density at radius 2 is 1.71 bits per heavy atom. The van der Waals surface area contributed by atoms with Crippen LogP contribution >= 0.6 is 24.0 Å². The lowest BCUT2D eigenvalue weighted by atomic mass is 10.1. The number of furan rings is 1. The maximum absolute atomic E-state index is 12.3. The molecule has 0 unspecified atom stereocenters. The van der Waals surface area contributed by atoms with Gasteiger partial charge in [-0.3, -0.25) is 4.79 Å². The summed E-state index contributed by atoms with van der Waals surface area (Å²) in [5.74, 6) is 1.70. The van der Waals surface area contributed by atoms with E-state index in [9.17, 15) is 4.79 Å². The highest BCUT2D eigenvalue weighted by Crippen LogP contribution is 2.07. The van der Waals surface area contributed by atoms with Gasteiger partial charge in [-0.2, -0.15) is 0 Å². The van der Waals surface area contributed by atoms with Gasteiger partial charge in [-0.05, 0) is 37.0 Å². The zero-order valence-electron chi connectivity index (χ0n) is 16.1. The zero-order valence-corrected chi connectivity index (χ0v) is 18.4. The van der Waals surface area contributed by atoms with E-state index in [4.69, 9.17) is 4.42 Å². The van der Waals surface area contributed by atoms with Crippen molar-refractivity contribution in [3.63, 3.8) is 0 Å². The molecule has 0 bridgehead atoms. The van der Waals surface area contributed by atoms with Crippen molar-refractivity contribution in [2.24, 2.45) is 4.99 Å². The maximum Gasteiger partial charge on any atom is 0.244 e. The quantitative estimate of drug-likeness (QED) is 0.335. The topological polar surface area (TPSA) is 69.9 Å². The Kier molecular flexibility index (Phi) is 9.88. The second-order valence-electron chi connectivity index (χ2n) is 6.67. The van der Waals surface area contributed by atoms with Gasteiger partial charge >= 0.3 is 0 Å². The summed E-state index contributed by atoms with van der Waals surface area (Å²) in [5, 5.41) is 6.63. The first-order valence-electron chi connectivity index (χ1n) is 9.67. The third-order valence-corrected chi connectivity index (χ3v) is 4.62. The molecule has 1 saturated heterocycles. The molecule has 1 amide bonds. The molecule has 2 N–H and O–H groups in total. The lowest BCUT2D eigenvalue weighted by molar-refractivity contribution is -0.128. The predicted molar refractivity (Wildman–Crippen MR) is 122 cm³/mol. The van der Waals surface area contributed by atoms with E-state index in [2.05, 4.69) is 27.8 Å². The molecule has 2 heterocycles. The number of rotatable bonds is 8. The predicted octanol–water partition coefficient (Wildman–Crippen LogP) is 2.84. The number of carbonyl (C=O) groups is 1. The van der Waals surface area contributed by atoms with Gasteiger partial charge in [0.2, 0.25) is 5.91 Å². The molecule has 2 aromatic rings. The van der Waals surface area contributed by atoms with Crippen LogP contribution in [0.2, 0.25) is 0 Å². The molecule has 1 aromatic carbocycles. The number of hydrogen-bond donors (Lipinski definition) is 2. The summed E-state index contributed by atoms with van der Waals surface area (Å²) in [7, 11) is 0. The van der Waals surface area contributed by atoms with Crippen molar-refractivity contribution < 1.29 is 9.21 Å². The summed E-state index contributed by atoms with van der Waals surface area (Å²) in [6, 6.07) is 14.2.